The maximum Gasteiger partial charge on any atom is 0.360 e. The van der Waals surface area contributed by atoms with Gasteiger partial charge >= 0.3 is 5.97 Å². The van der Waals surface area contributed by atoms with Crippen molar-refractivity contribution in [1.29, 1.82) is 0 Å². The largest absolute Gasteiger partial charge is 0.464 e. The highest BCUT2D eigenvalue weighted by atomic mass is 16.5. The molecule has 2 rings (SSSR count). The molecule has 82 valence electrons. The van der Waals surface area contributed by atoms with Crippen molar-refractivity contribution < 1.29 is 14.3 Å². The number of hydrogen-bond acceptors (Lipinski definition) is 6. The number of carbonyl (C=O) groups is 1. The summed E-state index contributed by atoms with van der Waals surface area (Å²) in [7, 11) is 1.31. The lowest BCUT2D eigenvalue weighted by Gasteiger charge is -2.22. The smallest absolute Gasteiger partial charge is 0.360 e. The zero-order valence-corrected chi connectivity index (χ0v) is 8.32. The second-order valence-electron chi connectivity index (χ2n) is 3.13. The number of esters is 1. The van der Waals surface area contributed by atoms with Crippen LogP contribution in [0.1, 0.15) is 22.2 Å². The van der Waals surface area contributed by atoms with Gasteiger partial charge in [-0.2, -0.15) is 10.3 Å². The van der Waals surface area contributed by atoms with E-state index in [0.717, 1.165) is 6.54 Å². The Hall–Kier alpha value is -1.47. The zero-order valence-electron chi connectivity index (χ0n) is 8.32. The first-order valence-electron chi connectivity index (χ1n) is 4.63. The van der Waals surface area contributed by atoms with Gasteiger partial charge in [0.25, 0.3) is 0 Å². The minimum absolute atomic E-state index is 0.105. The average molecular weight is 212 g/mol. The topological polar surface area (TPSA) is 89.1 Å². The number of nitrogens with zero attached hydrogens (tertiary/aromatic N) is 2. The van der Waals surface area contributed by atoms with Crippen molar-refractivity contribution in [1.82, 2.24) is 20.7 Å². The Labute approximate surface area is 86.1 Å². The highest BCUT2D eigenvalue weighted by Gasteiger charge is 2.25. The molecule has 1 aliphatic heterocycles. The number of nitrogens with one attached hydrogen (secondary N) is 2. The van der Waals surface area contributed by atoms with Gasteiger partial charge in [0.1, 0.15) is 5.69 Å². The highest BCUT2D eigenvalue weighted by molar-refractivity contribution is 5.88. The summed E-state index contributed by atoms with van der Waals surface area (Å²) in [5.74, 6) is -0.494. The van der Waals surface area contributed by atoms with Crippen LogP contribution in [0.15, 0.2) is 0 Å². The van der Waals surface area contributed by atoms with Crippen molar-refractivity contribution in [3.63, 3.8) is 0 Å². The van der Waals surface area contributed by atoms with E-state index in [2.05, 4.69) is 25.5 Å². The molecule has 1 aliphatic rings. The molecule has 0 radical (unpaired) electrons. The maximum atomic E-state index is 11.3. The van der Waals surface area contributed by atoms with Gasteiger partial charge in [-0.1, -0.05) is 0 Å². The van der Waals surface area contributed by atoms with Crippen LogP contribution in [0.3, 0.4) is 0 Å². The van der Waals surface area contributed by atoms with Crippen LogP contribution >= 0.6 is 0 Å². The molecule has 0 bridgehead atoms. The van der Waals surface area contributed by atoms with Gasteiger partial charge in [-0.15, -0.1) is 5.10 Å². The van der Waals surface area contributed by atoms with Crippen molar-refractivity contribution in [2.75, 3.05) is 26.9 Å². The number of hydrogen-bond donors (Lipinski definition) is 2. The Balaban J connectivity index is 2.19. The summed E-state index contributed by atoms with van der Waals surface area (Å²) in [5.41, 5.74) is 0.752. The van der Waals surface area contributed by atoms with Crippen molar-refractivity contribution in [2.24, 2.45) is 0 Å². The monoisotopic (exact) mass is 212 g/mol. The summed E-state index contributed by atoms with van der Waals surface area (Å²) >= 11 is 0. The van der Waals surface area contributed by atoms with Gasteiger partial charge in [0.15, 0.2) is 5.69 Å². The van der Waals surface area contributed by atoms with Crippen molar-refractivity contribution in [2.45, 2.75) is 6.04 Å². The number of morpholine rings is 1. The Morgan fingerprint density at radius 2 is 2.47 bits per heavy atom. The summed E-state index contributed by atoms with van der Waals surface area (Å²) < 4.78 is 9.87. The summed E-state index contributed by atoms with van der Waals surface area (Å²) in [6.07, 6.45) is 0. The molecule has 0 spiro atoms. The number of H-pyrrole nitrogens is 1. The number of aromatic nitrogens is 3. The Bertz CT molecular complexity index is 345. The van der Waals surface area contributed by atoms with Crippen molar-refractivity contribution >= 4 is 5.97 Å². The van der Waals surface area contributed by atoms with E-state index < -0.39 is 5.97 Å². The molecule has 0 saturated carbocycles. The fraction of sp³-hybridized carbons (Fsp3) is 0.625. The molecule has 2 heterocycles. The lowest BCUT2D eigenvalue weighted by molar-refractivity contribution is 0.0579. The lowest BCUT2D eigenvalue weighted by atomic mass is 10.1. The van der Waals surface area contributed by atoms with E-state index in [0.29, 0.717) is 18.9 Å². The van der Waals surface area contributed by atoms with Crippen LogP contribution in [0, 0.1) is 0 Å². The van der Waals surface area contributed by atoms with Crippen LogP contribution in [0.5, 0.6) is 0 Å². The molecule has 0 aliphatic carbocycles. The molecule has 1 atom stereocenters. The van der Waals surface area contributed by atoms with E-state index in [1.807, 2.05) is 0 Å². The Morgan fingerprint density at radius 1 is 1.60 bits per heavy atom. The van der Waals surface area contributed by atoms with Gasteiger partial charge in [0.2, 0.25) is 0 Å². The summed E-state index contributed by atoms with van der Waals surface area (Å²) in [6.45, 7) is 1.89. The third kappa shape index (κ3) is 1.97. The maximum absolute atomic E-state index is 11.3. The van der Waals surface area contributed by atoms with Gasteiger partial charge in [0, 0.05) is 6.54 Å². The zero-order chi connectivity index (χ0) is 10.7. The minimum Gasteiger partial charge on any atom is -0.464 e. The first kappa shape index (κ1) is 10.1. The van der Waals surface area contributed by atoms with Crippen LogP contribution in [0.2, 0.25) is 0 Å². The van der Waals surface area contributed by atoms with Crippen molar-refractivity contribution in [3.8, 4) is 0 Å². The summed E-state index contributed by atoms with van der Waals surface area (Å²) in [4.78, 5) is 11.3. The third-order valence-corrected chi connectivity index (χ3v) is 2.21. The second kappa shape index (κ2) is 4.37. The molecule has 0 aromatic carbocycles. The molecular formula is C8H12N4O3. The first-order valence-corrected chi connectivity index (χ1v) is 4.63. The molecule has 2 N–H and O–H groups in total. The Morgan fingerprint density at radius 3 is 3.13 bits per heavy atom. The average Bonchev–Trinajstić information content (AvgIpc) is 2.78. The van der Waals surface area contributed by atoms with Crippen LogP contribution in [-0.4, -0.2) is 48.2 Å². The van der Waals surface area contributed by atoms with Gasteiger partial charge in [-0.3, -0.25) is 0 Å². The third-order valence-electron chi connectivity index (χ3n) is 2.21. The lowest BCUT2D eigenvalue weighted by Crippen LogP contribution is -2.35. The number of ether oxygens (including phenoxy) is 2. The van der Waals surface area contributed by atoms with E-state index in [1.165, 1.54) is 7.11 Å². The molecule has 1 unspecified atom stereocenters. The second-order valence-corrected chi connectivity index (χ2v) is 3.13. The molecule has 0 amide bonds. The van der Waals surface area contributed by atoms with E-state index in [-0.39, 0.29) is 11.7 Å². The molecule has 7 nitrogen and oxygen atoms in total. The van der Waals surface area contributed by atoms with Crippen LogP contribution in [-0.2, 0) is 9.47 Å². The quantitative estimate of drug-likeness (QED) is 0.627. The van der Waals surface area contributed by atoms with Crippen LogP contribution in [0.4, 0.5) is 0 Å². The van der Waals surface area contributed by atoms with Gasteiger partial charge < -0.3 is 14.8 Å². The minimum atomic E-state index is -0.494. The van der Waals surface area contributed by atoms with E-state index in [1.54, 1.807) is 0 Å². The fourth-order valence-electron chi connectivity index (χ4n) is 1.47. The standard InChI is InChI=1S/C8H12N4O3/c1-14-8(13)7-6(10-12-11-7)5-4-15-3-2-9-5/h5,9H,2-4H2,1H3,(H,10,11,12). The van der Waals surface area contributed by atoms with Crippen LogP contribution < -0.4 is 5.32 Å². The molecular weight excluding hydrogens is 200 g/mol. The van der Waals surface area contributed by atoms with E-state index in [4.69, 9.17) is 4.74 Å². The van der Waals surface area contributed by atoms with E-state index >= 15 is 0 Å². The summed E-state index contributed by atoms with van der Waals surface area (Å²) in [6, 6.07) is -0.105. The number of carbonyl (C=O) groups excluding carboxylic acids is 1. The van der Waals surface area contributed by atoms with Crippen LogP contribution in [0.25, 0.3) is 0 Å². The molecule has 1 aromatic heterocycles. The number of aromatic amines is 1. The van der Waals surface area contributed by atoms with Crippen molar-refractivity contribution in [3.05, 3.63) is 11.4 Å². The van der Waals surface area contributed by atoms with Gasteiger partial charge in [0.05, 0.1) is 26.4 Å². The van der Waals surface area contributed by atoms with Gasteiger partial charge in [-0.05, 0) is 0 Å². The summed E-state index contributed by atoms with van der Waals surface area (Å²) in [5, 5.41) is 13.3. The molecule has 1 aromatic rings. The normalized spacial score (nSPS) is 21.3. The number of rotatable bonds is 2. The number of methoxy groups -OCH3 is 1. The predicted octanol–water partition coefficient (Wildman–Crippen LogP) is -0.748. The molecule has 1 fully saturated rings. The molecule has 1 saturated heterocycles. The highest BCUT2D eigenvalue weighted by Crippen LogP contribution is 2.16. The SMILES string of the molecule is COC(=O)c1n[nH]nc1C1COCCN1. The predicted molar refractivity (Wildman–Crippen MR) is 49.3 cm³/mol. The molecule has 7 heteroatoms. The van der Waals surface area contributed by atoms with E-state index in [9.17, 15) is 4.79 Å². The first-order chi connectivity index (χ1) is 7.33. The fourth-order valence-corrected chi connectivity index (χ4v) is 1.47. The van der Waals surface area contributed by atoms with Gasteiger partial charge in [-0.25, -0.2) is 4.79 Å². The Kier molecular flexibility index (Phi) is 2.93. The molecule has 15 heavy (non-hydrogen) atoms.